The van der Waals surface area contributed by atoms with Crippen LogP contribution in [-0.2, 0) is 18.8 Å². The van der Waals surface area contributed by atoms with Gasteiger partial charge in [-0.2, -0.15) is 10.2 Å². The Hall–Kier alpha value is -2.13. The average Bonchev–Trinajstić information content (AvgIpc) is 3.69. The predicted octanol–water partition coefficient (Wildman–Crippen LogP) is -3.06. The normalized spacial score (nSPS) is 9.70. The summed E-state index contributed by atoms with van der Waals surface area (Å²) in [5.74, 6) is 4.24. The molecule has 0 fully saturated rings. The molecule has 47 heavy (non-hydrogen) atoms. The molecule has 0 saturated carbocycles. The summed E-state index contributed by atoms with van der Waals surface area (Å²) >= 11 is 0. The fraction of sp³-hybridized carbons (Fsp3) is 0.148. The second-order valence-corrected chi connectivity index (χ2v) is 15.5. The van der Waals surface area contributed by atoms with Crippen LogP contribution in [0.25, 0.3) is 5.69 Å². The van der Waals surface area contributed by atoms with E-state index in [1.165, 1.54) is 49.7 Å². The van der Waals surface area contributed by atoms with Gasteiger partial charge in [-0.15, -0.1) is 12.8 Å². The van der Waals surface area contributed by atoms with E-state index in [1.54, 1.807) is 24.7 Å². The molecule has 0 aliphatic carbocycles. The van der Waals surface area contributed by atoms with Crippen molar-refractivity contribution in [3.63, 3.8) is 0 Å². The molecule has 0 radical (unpaired) electrons. The first kappa shape index (κ1) is 47.0. The first-order valence-corrected chi connectivity index (χ1v) is 17.2. The number of nitro benzene ring substituents is 2. The number of aromatic amines is 1. The Morgan fingerprint density at radius 1 is 0.936 bits per heavy atom. The molecule has 4 rings (SSSR count). The van der Waals surface area contributed by atoms with E-state index in [4.69, 9.17) is 22.9 Å². The molecule has 4 aromatic rings. The molecule has 2 aromatic carbocycles. The van der Waals surface area contributed by atoms with Crippen LogP contribution < -0.4 is 119 Å². The molecule has 0 aliphatic heterocycles. The first-order valence-electron chi connectivity index (χ1n) is 12.0. The second kappa shape index (κ2) is 22.5. The van der Waals surface area contributed by atoms with E-state index in [-0.39, 0.29) is 133 Å². The van der Waals surface area contributed by atoms with Crippen molar-refractivity contribution in [2.24, 2.45) is 0 Å². The van der Waals surface area contributed by atoms with Crippen molar-refractivity contribution in [3.05, 3.63) is 98.4 Å². The third kappa shape index (κ3) is 16.2. The maximum atomic E-state index is 12.8. The summed E-state index contributed by atoms with van der Waals surface area (Å²) in [5, 5.41) is 40.5. The number of halogens is 1. The number of nitro groups is 2. The van der Waals surface area contributed by atoms with Crippen LogP contribution in [0.1, 0.15) is 12.6 Å². The number of H-pyrrole nitrogens is 1. The molecule has 1 N–H and O–H groups in total. The van der Waals surface area contributed by atoms with E-state index in [2.05, 4.69) is 32.0 Å². The third-order valence-corrected chi connectivity index (χ3v) is 8.21. The smallest absolute Gasteiger partial charge is 1.00 e. The van der Waals surface area contributed by atoms with Crippen LogP contribution in [0.3, 0.4) is 0 Å². The molecule has 2 heterocycles. The first-order chi connectivity index (χ1) is 21.0. The van der Waals surface area contributed by atoms with Gasteiger partial charge >= 0.3 is 103 Å². The fourth-order valence-corrected chi connectivity index (χ4v) is 5.48. The third-order valence-electron chi connectivity index (χ3n) is 5.17. The molecule has 2 aromatic heterocycles. The maximum Gasteiger partial charge on any atom is 1.00 e. The standard InChI is InChI=1S/C13H12N3O3P.C8H9FNO3P.C5H4N2.CH2O3.2K.H/c1-4-10-8-14-15(9-10)11-5-6-12(16(17)18)13(7-11)20(2,3)19;1-14(2,13)8-5-6(9)3-4-7(8)10(11)12;1-2-5-3-6-7-4-5;2-1-4-3;;;/h1,5-9H,2-3H3;3-5H,1-2H3;1,3-4H,(H,6,7);1,3H;;;/q;;;;2*+1;-1/p-1. The van der Waals surface area contributed by atoms with Crippen molar-refractivity contribution >= 4 is 42.7 Å². The van der Waals surface area contributed by atoms with E-state index in [0.717, 1.165) is 23.8 Å². The van der Waals surface area contributed by atoms with Gasteiger partial charge in [-0.1, -0.05) is 11.8 Å². The van der Waals surface area contributed by atoms with Gasteiger partial charge in [0.25, 0.3) is 17.8 Å². The molecular weight excluding hydrogens is 711 g/mol. The Morgan fingerprint density at radius 2 is 1.43 bits per heavy atom. The second-order valence-electron chi connectivity index (χ2n) is 9.16. The Morgan fingerprint density at radius 3 is 1.79 bits per heavy atom. The molecule has 0 atom stereocenters. The number of nitrogens with one attached hydrogen (secondary N) is 1. The summed E-state index contributed by atoms with van der Waals surface area (Å²) in [4.78, 5) is 31.6. The summed E-state index contributed by atoms with van der Waals surface area (Å²) in [6.07, 6.45) is 16.7. The van der Waals surface area contributed by atoms with Crippen molar-refractivity contribution in [1.29, 1.82) is 0 Å². The summed E-state index contributed by atoms with van der Waals surface area (Å²) in [7, 11) is -5.60. The molecule has 0 spiro atoms. The number of carbonyl (C=O) groups excluding carboxylic acids is 1. The molecule has 0 bridgehead atoms. The summed E-state index contributed by atoms with van der Waals surface area (Å²) < 4.78 is 38.1. The van der Waals surface area contributed by atoms with Crippen molar-refractivity contribution < 1.29 is 143 Å². The SMILES string of the molecule is C#Cc1cn[nH]c1.C#Cc1cnn(-c2ccc([N+](=O)[O-])c(P(C)(C)=O)c2)c1.CP(C)(=O)c1cc(F)ccc1[N+](=O)[O-].O=CO[O-].[H-].[K+].[K+]. The van der Waals surface area contributed by atoms with Gasteiger partial charge in [-0.05, 0) is 50.9 Å². The molecule has 0 aliphatic rings. The van der Waals surface area contributed by atoms with Gasteiger partial charge in [0.2, 0.25) is 0 Å². The van der Waals surface area contributed by atoms with E-state index < -0.39 is 29.9 Å². The topological polar surface area (TPSA) is 216 Å². The number of hydrogen-bond donors (Lipinski definition) is 1. The average molecular weight is 739 g/mol. The number of hydrogen-bond acceptors (Lipinski definition) is 11. The van der Waals surface area contributed by atoms with Gasteiger partial charge in [0.1, 0.15) is 20.1 Å². The van der Waals surface area contributed by atoms with Gasteiger partial charge in [-0.3, -0.25) is 30.1 Å². The predicted molar refractivity (Wildman–Crippen MR) is 164 cm³/mol. The molecule has 0 amide bonds. The van der Waals surface area contributed by atoms with Crippen LogP contribution in [0.2, 0.25) is 0 Å². The largest absolute Gasteiger partial charge is 1.00 e. The molecule has 15 nitrogen and oxygen atoms in total. The van der Waals surface area contributed by atoms with Crippen molar-refractivity contribution in [2.45, 2.75) is 0 Å². The summed E-state index contributed by atoms with van der Waals surface area (Å²) in [5.41, 5.74) is 1.53. The van der Waals surface area contributed by atoms with Crippen molar-refractivity contribution in [3.8, 4) is 30.4 Å². The Kier molecular flexibility index (Phi) is 22.5. The van der Waals surface area contributed by atoms with Crippen LogP contribution >= 0.6 is 14.3 Å². The Bertz CT molecular complexity index is 1840. The molecule has 238 valence electrons. The van der Waals surface area contributed by atoms with Crippen LogP contribution in [0, 0.1) is 50.7 Å². The fourth-order valence-electron chi connectivity index (χ4n) is 3.19. The van der Waals surface area contributed by atoms with Gasteiger partial charge in [0.15, 0.2) is 0 Å². The molecular formula is C27H27FK2N6O9P2. The van der Waals surface area contributed by atoms with Crippen molar-refractivity contribution in [1.82, 2.24) is 20.0 Å². The zero-order valence-corrected chi connectivity index (χ0v) is 34.2. The van der Waals surface area contributed by atoms with Crippen LogP contribution in [-0.4, -0.2) is 63.0 Å². The van der Waals surface area contributed by atoms with E-state index in [0.29, 0.717) is 11.3 Å². The van der Waals surface area contributed by atoms with Crippen LogP contribution in [0.4, 0.5) is 15.8 Å². The van der Waals surface area contributed by atoms with Crippen molar-refractivity contribution in [2.75, 3.05) is 26.7 Å². The number of aromatic nitrogens is 4. The zero-order valence-electron chi connectivity index (χ0n) is 27.2. The number of nitrogens with zero attached hydrogens (tertiary/aromatic N) is 5. The number of benzene rings is 2. The quantitative estimate of drug-likeness (QED) is 0.0399. The molecule has 20 heteroatoms. The minimum Gasteiger partial charge on any atom is -1.00 e. The van der Waals surface area contributed by atoms with Gasteiger partial charge in [0, 0.05) is 24.5 Å². The molecule has 0 saturated heterocycles. The Labute approximate surface area is 355 Å². The zero-order chi connectivity index (χ0) is 34.4. The van der Waals surface area contributed by atoms with Crippen LogP contribution in [0.5, 0.6) is 0 Å². The van der Waals surface area contributed by atoms with Gasteiger partial charge in [0.05, 0.1) is 49.7 Å². The van der Waals surface area contributed by atoms with E-state index in [9.17, 15) is 33.7 Å². The monoisotopic (exact) mass is 738 g/mol. The van der Waals surface area contributed by atoms with Gasteiger partial charge < -0.3 is 20.7 Å². The Balaban J connectivity index is -0.000000630. The van der Waals surface area contributed by atoms with Crippen LogP contribution in [0.15, 0.2) is 61.2 Å². The minimum absolute atomic E-state index is 0. The maximum absolute atomic E-state index is 12.8. The van der Waals surface area contributed by atoms with E-state index >= 15 is 0 Å². The summed E-state index contributed by atoms with van der Waals surface area (Å²) in [6.45, 7) is 5.55. The van der Waals surface area contributed by atoms with Gasteiger partial charge in [-0.25, -0.2) is 9.07 Å². The number of rotatable bonds is 6. The minimum atomic E-state index is -2.82. The summed E-state index contributed by atoms with van der Waals surface area (Å²) in [6, 6.07) is 7.37. The number of terminal acetylenes is 2. The van der Waals surface area contributed by atoms with E-state index in [1.807, 2.05) is 0 Å². The molecule has 0 unspecified atom stereocenters. The number of carbonyl (C=O) groups is 1.